The van der Waals surface area contributed by atoms with Gasteiger partial charge in [-0.3, -0.25) is 4.79 Å². The molecule has 0 aromatic heterocycles. The van der Waals surface area contributed by atoms with Crippen molar-refractivity contribution < 1.29 is 24.5 Å². The molecular formula is C20H25NO5. The Balaban J connectivity index is 1.88. The van der Waals surface area contributed by atoms with Gasteiger partial charge in [-0.1, -0.05) is 30.4 Å². The van der Waals surface area contributed by atoms with Crippen LogP contribution in [-0.4, -0.2) is 58.9 Å². The number of likely N-dealkylation sites (tertiary alicyclic amines) is 1. The van der Waals surface area contributed by atoms with Crippen molar-refractivity contribution in [3.63, 3.8) is 0 Å². The van der Waals surface area contributed by atoms with E-state index in [1.807, 2.05) is 6.08 Å². The molecule has 0 radical (unpaired) electrons. The van der Waals surface area contributed by atoms with Crippen molar-refractivity contribution in [1.29, 1.82) is 0 Å². The molecule has 0 spiro atoms. The second-order valence-corrected chi connectivity index (χ2v) is 6.22. The third-order valence-electron chi connectivity index (χ3n) is 4.30. The number of amides is 1. The molecule has 2 atom stereocenters. The molecular weight excluding hydrogens is 334 g/mol. The summed E-state index contributed by atoms with van der Waals surface area (Å²) in [6.07, 6.45) is 6.32. The van der Waals surface area contributed by atoms with Crippen LogP contribution in [0.5, 0.6) is 0 Å². The summed E-state index contributed by atoms with van der Waals surface area (Å²) in [6, 6.07) is 6.65. The predicted octanol–water partition coefficient (Wildman–Crippen LogP) is 2.04. The van der Waals surface area contributed by atoms with Crippen LogP contribution >= 0.6 is 0 Å². The molecule has 1 heterocycles. The first-order valence-corrected chi connectivity index (χ1v) is 8.68. The quantitative estimate of drug-likeness (QED) is 0.493. The Morgan fingerprint density at radius 1 is 1.38 bits per heavy atom. The molecule has 0 saturated carbocycles. The molecule has 0 unspecified atom stereocenters. The van der Waals surface area contributed by atoms with Gasteiger partial charge in [0.2, 0.25) is 5.91 Å². The molecule has 1 aromatic rings. The Hall–Kier alpha value is -2.44. The van der Waals surface area contributed by atoms with E-state index < -0.39 is 12.1 Å². The zero-order valence-electron chi connectivity index (χ0n) is 14.7. The third-order valence-corrected chi connectivity index (χ3v) is 4.30. The maximum absolute atomic E-state index is 12.1. The van der Waals surface area contributed by atoms with Gasteiger partial charge in [0.15, 0.2) is 0 Å². The molecule has 0 bridgehead atoms. The van der Waals surface area contributed by atoms with Crippen LogP contribution in [0.25, 0.3) is 0 Å². The lowest BCUT2D eigenvalue weighted by Gasteiger charge is -2.22. The summed E-state index contributed by atoms with van der Waals surface area (Å²) in [5.74, 6) is -0.855. The summed E-state index contributed by atoms with van der Waals surface area (Å²) >= 11 is 0. The molecule has 1 amide bonds. The molecule has 1 aliphatic heterocycles. The normalized spacial score (nSPS) is 18.4. The highest BCUT2D eigenvalue weighted by molar-refractivity contribution is 5.87. The first-order valence-electron chi connectivity index (χ1n) is 8.68. The van der Waals surface area contributed by atoms with Crippen LogP contribution in [0.2, 0.25) is 0 Å². The van der Waals surface area contributed by atoms with E-state index in [9.17, 15) is 14.7 Å². The second kappa shape index (κ2) is 9.89. The molecule has 1 saturated heterocycles. The molecule has 0 aliphatic carbocycles. The van der Waals surface area contributed by atoms with Crippen LogP contribution in [0.1, 0.15) is 28.8 Å². The summed E-state index contributed by atoms with van der Waals surface area (Å²) < 4.78 is 5.20. The Labute approximate surface area is 153 Å². The number of ether oxygens (including phenoxy) is 1. The van der Waals surface area contributed by atoms with Crippen molar-refractivity contribution >= 4 is 11.9 Å². The van der Waals surface area contributed by atoms with Crippen LogP contribution in [0.15, 0.2) is 49.1 Å². The zero-order chi connectivity index (χ0) is 18.9. The fraction of sp³-hybridized carbons (Fsp3) is 0.400. The van der Waals surface area contributed by atoms with E-state index in [1.54, 1.807) is 41.3 Å². The summed E-state index contributed by atoms with van der Waals surface area (Å²) in [7, 11) is 0. The second-order valence-electron chi connectivity index (χ2n) is 6.22. The van der Waals surface area contributed by atoms with Gasteiger partial charge in [0.05, 0.1) is 30.9 Å². The van der Waals surface area contributed by atoms with Gasteiger partial charge in [0, 0.05) is 13.0 Å². The molecule has 1 fully saturated rings. The Kier molecular flexibility index (Phi) is 7.56. The largest absolute Gasteiger partial charge is 0.478 e. The number of carbonyl (C=O) groups is 2. The van der Waals surface area contributed by atoms with Crippen molar-refractivity contribution in [3.8, 4) is 0 Å². The fourth-order valence-electron chi connectivity index (χ4n) is 2.89. The van der Waals surface area contributed by atoms with E-state index in [1.165, 1.54) is 0 Å². The van der Waals surface area contributed by atoms with Crippen LogP contribution < -0.4 is 0 Å². The number of nitrogens with zero attached hydrogens (tertiary/aromatic N) is 1. The SMILES string of the molecule is C=CCOC[C@H](O)C=C[C@H]1CCC(=O)N1CCc1ccc(C(=O)O)cc1. The van der Waals surface area contributed by atoms with Crippen LogP contribution in [0.3, 0.4) is 0 Å². The van der Waals surface area contributed by atoms with Crippen molar-refractivity contribution in [2.24, 2.45) is 0 Å². The number of aromatic carboxylic acids is 1. The standard InChI is InChI=1S/C20H25NO5/c1-2-13-26-14-18(22)9-7-17-8-10-19(23)21(17)12-11-15-3-5-16(6-4-15)20(24)25/h2-7,9,17-18,22H,1,8,10-14H2,(H,24,25)/t17-,18+/m0/s1. The minimum absolute atomic E-state index is 0.0325. The summed E-state index contributed by atoms with van der Waals surface area (Å²) in [5, 5.41) is 18.8. The van der Waals surface area contributed by atoms with E-state index in [2.05, 4.69) is 6.58 Å². The highest BCUT2D eigenvalue weighted by atomic mass is 16.5. The van der Waals surface area contributed by atoms with E-state index >= 15 is 0 Å². The van der Waals surface area contributed by atoms with Gasteiger partial charge in [0.25, 0.3) is 0 Å². The molecule has 2 rings (SSSR count). The number of benzene rings is 1. The number of aliphatic hydroxyl groups excluding tert-OH is 1. The Morgan fingerprint density at radius 2 is 2.12 bits per heavy atom. The maximum Gasteiger partial charge on any atom is 0.335 e. The van der Waals surface area contributed by atoms with Gasteiger partial charge >= 0.3 is 5.97 Å². The first-order chi connectivity index (χ1) is 12.5. The van der Waals surface area contributed by atoms with Gasteiger partial charge in [-0.25, -0.2) is 4.79 Å². The summed E-state index contributed by atoms with van der Waals surface area (Å²) in [5.41, 5.74) is 1.23. The highest BCUT2D eigenvalue weighted by Gasteiger charge is 2.28. The number of carboxylic acid groups (broad SMARTS) is 1. The minimum atomic E-state index is -0.952. The number of hydrogen-bond donors (Lipinski definition) is 2. The van der Waals surface area contributed by atoms with Gasteiger partial charge in [0.1, 0.15) is 0 Å². The molecule has 6 heteroatoms. The van der Waals surface area contributed by atoms with E-state index in [0.717, 1.165) is 12.0 Å². The van der Waals surface area contributed by atoms with Gasteiger partial charge in [-0.15, -0.1) is 6.58 Å². The lowest BCUT2D eigenvalue weighted by molar-refractivity contribution is -0.128. The number of rotatable bonds is 10. The smallest absolute Gasteiger partial charge is 0.335 e. The maximum atomic E-state index is 12.1. The van der Waals surface area contributed by atoms with E-state index in [-0.39, 0.29) is 24.1 Å². The summed E-state index contributed by atoms with van der Waals surface area (Å²) in [4.78, 5) is 24.8. The molecule has 2 N–H and O–H groups in total. The number of hydrogen-bond acceptors (Lipinski definition) is 4. The van der Waals surface area contributed by atoms with Crippen molar-refractivity contribution in [2.75, 3.05) is 19.8 Å². The molecule has 1 aliphatic rings. The monoisotopic (exact) mass is 359 g/mol. The van der Waals surface area contributed by atoms with E-state index in [0.29, 0.717) is 26.0 Å². The van der Waals surface area contributed by atoms with Gasteiger partial charge < -0.3 is 19.8 Å². The van der Waals surface area contributed by atoms with Crippen molar-refractivity contribution in [3.05, 3.63) is 60.2 Å². The van der Waals surface area contributed by atoms with Crippen LogP contribution in [0.4, 0.5) is 0 Å². The van der Waals surface area contributed by atoms with Gasteiger partial charge in [-0.2, -0.15) is 0 Å². The Bertz CT molecular complexity index is 653. The third kappa shape index (κ3) is 5.82. The minimum Gasteiger partial charge on any atom is -0.478 e. The lowest BCUT2D eigenvalue weighted by atomic mass is 10.1. The average Bonchev–Trinajstić information content (AvgIpc) is 2.98. The first kappa shape index (κ1) is 19.9. The average molecular weight is 359 g/mol. The number of carboxylic acids is 1. The van der Waals surface area contributed by atoms with Crippen LogP contribution in [-0.2, 0) is 16.0 Å². The lowest BCUT2D eigenvalue weighted by Crippen LogP contribution is -2.33. The Morgan fingerprint density at radius 3 is 2.77 bits per heavy atom. The molecule has 1 aromatic carbocycles. The highest BCUT2D eigenvalue weighted by Crippen LogP contribution is 2.20. The zero-order valence-corrected chi connectivity index (χ0v) is 14.7. The number of aliphatic hydroxyl groups is 1. The van der Waals surface area contributed by atoms with Gasteiger partial charge in [-0.05, 0) is 30.5 Å². The fourth-order valence-corrected chi connectivity index (χ4v) is 2.89. The predicted molar refractivity (Wildman–Crippen MR) is 98.0 cm³/mol. The summed E-state index contributed by atoms with van der Waals surface area (Å²) in [6.45, 7) is 4.69. The van der Waals surface area contributed by atoms with Crippen molar-refractivity contribution in [1.82, 2.24) is 4.90 Å². The molecule has 6 nitrogen and oxygen atoms in total. The number of carbonyl (C=O) groups excluding carboxylic acids is 1. The topological polar surface area (TPSA) is 87.1 Å². The van der Waals surface area contributed by atoms with Crippen LogP contribution in [0, 0.1) is 0 Å². The van der Waals surface area contributed by atoms with Crippen molar-refractivity contribution in [2.45, 2.75) is 31.4 Å². The van der Waals surface area contributed by atoms with E-state index in [4.69, 9.17) is 9.84 Å². The molecule has 26 heavy (non-hydrogen) atoms. The molecule has 140 valence electrons.